The van der Waals surface area contributed by atoms with Crippen LogP contribution in [0.15, 0.2) is 24.3 Å². The highest BCUT2D eigenvalue weighted by Crippen LogP contribution is 2.05. The van der Waals surface area contributed by atoms with Crippen LogP contribution in [0.2, 0.25) is 0 Å². The fourth-order valence-corrected chi connectivity index (χ4v) is 1.41. The number of hydrogen-bond acceptors (Lipinski definition) is 2. The number of nitrogens with one attached hydrogen (secondary N) is 1. The summed E-state index contributed by atoms with van der Waals surface area (Å²) in [7, 11) is 0. The third-order valence-corrected chi connectivity index (χ3v) is 2.32. The van der Waals surface area contributed by atoms with Gasteiger partial charge in [0.05, 0.1) is 5.60 Å². The van der Waals surface area contributed by atoms with Crippen molar-refractivity contribution in [1.29, 1.82) is 0 Å². The second-order valence-electron chi connectivity index (χ2n) is 4.59. The Balaban J connectivity index is 2.38. The van der Waals surface area contributed by atoms with E-state index in [2.05, 4.69) is 36.5 Å². The number of aliphatic hydroxyl groups is 1. The molecule has 0 spiro atoms. The molecule has 1 rings (SSSR count). The van der Waals surface area contributed by atoms with E-state index in [-0.39, 0.29) is 0 Å². The van der Waals surface area contributed by atoms with E-state index in [0.29, 0.717) is 6.54 Å². The van der Waals surface area contributed by atoms with Crippen molar-refractivity contribution >= 4 is 0 Å². The van der Waals surface area contributed by atoms with E-state index in [1.54, 1.807) is 13.8 Å². The minimum Gasteiger partial charge on any atom is -0.389 e. The van der Waals surface area contributed by atoms with Crippen LogP contribution in [0, 0.1) is 0 Å². The van der Waals surface area contributed by atoms with Crippen molar-refractivity contribution in [2.75, 3.05) is 6.54 Å². The zero-order valence-corrected chi connectivity index (χ0v) is 9.88. The normalized spacial score (nSPS) is 11.7. The van der Waals surface area contributed by atoms with Crippen LogP contribution in [0.4, 0.5) is 0 Å². The second kappa shape index (κ2) is 5.29. The highest BCUT2D eigenvalue weighted by Gasteiger charge is 2.10. The van der Waals surface area contributed by atoms with Crippen molar-refractivity contribution in [1.82, 2.24) is 5.32 Å². The lowest BCUT2D eigenvalue weighted by Gasteiger charge is -2.17. The molecule has 0 atom stereocenters. The maximum Gasteiger partial charge on any atom is 0.0715 e. The Morgan fingerprint density at radius 3 is 2.13 bits per heavy atom. The Kier molecular flexibility index (Phi) is 4.30. The van der Waals surface area contributed by atoms with Gasteiger partial charge in [0, 0.05) is 13.1 Å². The molecule has 15 heavy (non-hydrogen) atoms. The maximum atomic E-state index is 9.52. The molecular weight excluding hydrogens is 186 g/mol. The molecule has 0 aliphatic heterocycles. The lowest BCUT2D eigenvalue weighted by atomic mass is 10.1. The number of aryl methyl sites for hydroxylation is 1. The van der Waals surface area contributed by atoms with Crippen LogP contribution < -0.4 is 5.32 Å². The fourth-order valence-electron chi connectivity index (χ4n) is 1.41. The second-order valence-corrected chi connectivity index (χ2v) is 4.59. The molecule has 0 amide bonds. The Morgan fingerprint density at radius 1 is 1.13 bits per heavy atom. The van der Waals surface area contributed by atoms with Crippen molar-refractivity contribution in [2.45, 2.75) is 39.3 Å². The molecule has 0 heterocycles. The van der Waals surface area contributed by atoms with Gasteiger partial charge in [-0.25, -0.2) is 0 Å². The Morgan fingerprint density at radius 2 is 1.67 bits per heavy atom. The number of benzene rings is 1. The van der Waals surface area contributed by atoms with Crippen LogP contribution in [0.25, 0.3) is 0 Å². The zero-order chi connectivity index (χ0) is 11.3. The molecule has 1 aromatic rings. The van der Waals surface area contributed by atoms with E-state index < -0.39 is 5.60 Å². The first kappa shape index (κ1) is 12.2. The van der Waals surface area contributed by atoms with E-state index in [9.17, 15) is 5.11 Å². The smallest absolute Gasteiger partial charge is 0.0715 e. The molecule has 0 fully saturated rings. The molecule has 0 bridgehead atoms. The van der Waals surface area contributed by atoms with Gasteiger partial charge in [-0.15, -0.1) is 0 Å². The number of hydrogen-bond donors (Lipinski definition) is 2. The molecule has 1 aromatic carbocycles. The molecule has 0 saturated heterocycles. The van der Waals surface area contributed by atoms with Gasteiger partial charge in [-0.2, -0.15) is 0 Å². The predicted octanol–water partition coefficient (Wildman–Crippen LogP) is 2.11. The van der Waals surface area contributed by atoms with Crippen molar-refractivity contribution in [3.05, 3.63) is 35.4 Å². The van der Waals surface area contributed by atoms with E-state index in [1.807, 2.05) is 0 Å². The van der Waals surface area contributed by atoms with Crippen molar-refractivity contribution in [3.8, 4) is 0 Å². The molecular formula is C13H21NO. The minimum atomic E-state index is -0.636. The molecule has 2 heteroatoms. The molecule has 2 N–H and O–H groups in total. The molecule has 0 radical (unpaired) electrons. The summed E-state index contributed by atoms with van der Waals surface area (Å²) in [6.45, 7) is 7.19. The average Bonchev–Trinajstić information content (AvgIpc) is 2.17. The quantitative estimate of drug-likeness (QED) is 0.775. The van der Waals surface area contributed by atoms with Crippen LogP contribution >= 0.6 is 0 Å². The Bertz CT molecular complexity index is 284. The van der Waals surface area contributed by atoms with Crippen molar-refractivity contribution in [3.63, 3.8) is 0 Å². The van der Waals surface area contributed by atoms with Gasteiger partial charge in [0.1, 0.15) is 0 Å². The van der Waals surface area contributed by atoms with E-state index in [0.717, 1.165) is 13.0 Å². The van der Waals surface area contributed by atoms with E-state index in [1.165, 1.54) is 11.1 Å². The van der Waals surface area contributed by atoms with Gasteiger partial charge in [0.25, 0.3) is 0 Å². The predicted molar refractivity (Wildman–Crippen MR) is 63.8 cm³/mol. The third kappa shape index (κ3) is 4.96. The van der Waals surface area contributed by atoms with Gasteiger partial charge >= 0.3 is 0 Å². The lowest BCUT2D eigenvalue weighted by Crippen LogP contribution is -2.34. The van der Waals surface area contributed by atoms with Gasteiger partial charge in [-0.05, 0) is 31.4 Å². The summed E-state index contributed by atoms with van der Waals surface area (Å²) in [6, 6.07) is 8.58. The Hall–Kier alpha value is -0.860. The summed E-state index contributed by atoms with van der Waals surface area (Å²) in [5, 5.41) is 12.7. The molecule has 0 aliphatic carbocycles. The van der Waals surface area contributed by atoms with Gasteiger partial charge in [-0.1, -0.05) is 31.2 Å². The first-order valence-corrected chi connectivity index (χ1v) is 5.52. The molecule has 0 aliphatic rings. The van der Waals surface area contributed by atoms with E-state index in [4.69, 9.17) is 0 Å². The molecule has 0 saturated carbocycles. The molecule has 0 aromatic heterocycles. The SMILES string of the molecule is CCc1ccc(CNCC(C)(C)O)cc1. The largest absolute Gasteiger partial charge is 0.389 e. The summed E-state index contributed by atoms with van der Waals surface area (Å²) in [5.74, 6) is 0. The van der Waals surface area contributed by atoms with Gasteiger partial charge in [-0.3, -0.25) is 0 Å². The first-order valence-electron chi connectivity index (χ1n) is 5.52. The van der Waals surface area contributed by atoms with Crippen LogP contribution in [0.3, 0.4) is 0 Å². The summed E-state index contributed by atoms with van der Waals surface area (Å²) in [5.41, 5.74) is 1.99. The maximum absolute atomic E-state index is 9.52. The average molecular weight is 207 g/mol. The highest BCUT2D eigenvalue weighted by molar-refractivity contribution is 5.22. The van der Waals surface area contributed by atoms with Crippen LogP contribution in [-0.4, -0.2) is 17.3 Å². The van der Waals surface area contributed by atoms with Gasteiger partial charge in [0.2, 0.25) is 0 Å². The van der Waals surface area contributed by atoms with Crippen molar-refractivity contribution < 1.29 is 5.11 Å². The summed E-state index contributed by atoms with van der Waals surface area (Å²) >= 11 is 0. The highest BCUT2D eigenvalue weighted by atomic mass is 16.3. The summed E-state index contributed by atoms with van der Waals surface area (Å²) < 4.78 is 0. The van der Waals surface area contributed by atoms with Gasteiger partial charge < -0.3 is 10.4 Å². The number of rotatable bonds is 5. The van der Waals surface area contributed by atoms with Gasteiger partial charge in [0.15, 0.2) is 0 Å². The molecule has 2 nitrogen and oxygen atoms in total. The topological polar surface area (TPSA) is 32.3 Å². The molecule has 84 valence electrons. The Labute approximate surface area is 92.3 Å². The summed E-state index contributed by atoms with van der Waals surface area (Å²) in [4.78, 5) is 0. The summed E-state index contributed by atoms with van der Waals surface area (Å²) in [6.07, 6.45) is 1.08. The van der Waals surface area contributed by atoms with Crippen molar-refractivity contribution in [2.24, 2.45) is 0 Å². The minimum absolute atomic E-state index is 0.614. The third-order valence-electron chi connectivity index (χ3n) is 2.32. The molecule has 0 unspecified atom stereocenters. The van der Waals surface area contributed by atoms with Crippen LogP contribution in [-0.2, 0) is 13.0 Å². The standard InChI is InChI=1S/C13H21NO/c1-4-11-5-7-12(8-6-11)9-14-10-13(2,3)15/h5-8,14-15H,4,9-10H2,1-3H3. The van der Waals surface area contributed by atoms with E-state index >= 15 is 0 Å². The van der Waals surface area contributed by atoms with Crippen LogP contribution in [0.5, 0.6) is 0 Å². The van der Waals surface area contributed by atoms with Crippen LogP contribution in [0.1, 0.15) is 31.9 Å². The fraction of sp³-hybridized carbons (Fsp3) is 0.538. The first-order chi connectivity index (χ1) is 7.01. The lowest BCUT2D eigenvalue weighted by molar-refractivity contribution is 0.0795. The monoisotopic (exact) mass is 207 g/mol. The zero-order valence-electron chi connectivity index (χ0n) is 9.88.